The number of hydrogen-bond acceptors (Lipinski definition) is 10. The van der Waals surface area contributed by atoms with Crippen molar-refractivity contribution in [1.29, 1.82) is 0 Å². The molecule has 524 valence electrons. The van der Waals surface area contributed by atoms with E-state index in [1.54, 1.807) is 41.6 Å². The number of likely N-dealkylation sites (tertiary alicyclic amines) is 3. The molecule has 6 aliphatic rings. The number of methoxy groups -OCH3 is 2. The van der Waals surface area contributed by atoms with E-state index >= 15 is 0 Å². The van der Waals surface area contributed by atoms with E-state index in [4.69, 9.17) is 9.47 Å². The molecule has 98 heavy (non-hydrogen) atoms. The number of H-pyrrole nitrogens is 4. The fraction of sp³-hybridized carbons (Fsp3) is 0.472. The normalized spacial score (nSPS) is 19.1. The number of benzene rings is 4. The molecule has 20 nitrogen and oxygen atoms in total. The van der Waals surface area contributed by atoms with Crippen LogP contribution < -0.4 is 0 Å². The number of halogens is 4. The van der Waals surface area contributed by atoms with E-state index in [0.717, 1.165) is 126 Å². The van der Waals surface area contributed by atoms with Gasteiger partial charge >= 0.3 is 0 Å². The lowest BCUT2D eigenvalue weighted by Crippen LogP contribution is -2.42. The number of piperidine rings is 4. The summed E-state index contributed by atoms with van der Waals surface area (Å²) in [6.07, 6.45) is 21.0. The van der Waals surface area contributed by atoms with Crippen LogP contribution in [-0.2, 0) is 51.0 Å². The average molecular weight is 1390 g/mol. The molecular weight excluding hydrogens is 1300 g/mol. The minimum Gasteiger partial charge on any atom is -0.384 e. The summed E-state index contributed by atoms with van der Waals surface area (Å²) in [5.74, 6) is 1.31. The van der Waals surface area contributed by atoms with Gasteiger partial charge in [0.25, 0.3) is 0 Å². The molecule has 1 atom stereocenters. The first-order chi connectivity index (χ1) is 47.2. The topological polar surface area (TPSA) is 235 Å². The van der Waals surface area contributed by atoms with Crippen LogP contribution in [0.3, 0.4) is 0 Å². The molecule has 5 saturated heterocycles. The van der Waals surface area contributed by atoms with Crippen molar-refractivity contribution in [2.24, 2.45) is 18.9 Å². The third-order valence-corrected chi connectivity index (χ3v) is 24.3. The Hall–Kier alpha value is -7.88. The highest BCUT2D eigenvalue weighted by Crippen LogP contribution is 2.40. The Morgan fingerprint density at radius 2 is 0.939 bits per heavy atom. The summed E-state index contributed by atoms with van der Waals surface area (Å²) in [6, 6.07) is 19.2. The van der Waals surface area contributed by atoms with Crippen LogP contribution in [0.1, 0.15) is 123 Å². The molecule has 5 aliphatic heterocycles. The van der Waals surface area contributed by atoms with Crippen LogP contribution in [0.4, 0.5) is 17.6 Å². The Kier molecular flexibility index (Phi) is 21.9. The maximum atomic E-state index is 13.4. The minimum absolute atomic E-state index is 0.0283. The number of amides is 3. The molecule has 6 fully saturated rings. The van der Waals surface area contributed by atoms with Crippen molar-refractivity contribution in [2.75, 3.05) is 98.6 Å². The van der Waals surface area contributed by atoms with Crippen molar-refractivity contribution >= 4 is 81.4 Å². The first-order valence-corrected chi connectivity index (χ1v) is 37.1. The largest absolute Gasteiger partial charge is 0.384 e. The zero-order valence-corrected chi connectivity index (χ0v) is 57.3. The van der Waals surface area contributed by atoms with Crippen LogP contribution in [0, 0.1) is 35.1 Å². The molecule has 0 bridgehead atoms. The molecule has 10 heterocycles. The molecule has 9 aromatic rings. The van der Waals surface area contributed by atoms with E-state index in [9.17, 15) is 48.8 Å². The predicted octanol–water partition coefficient (Wildman–Crippen LogP) is 11.4. The van der Waals surface area contributed by atoms with Gasteiger partial charge in [0.15, 0.2) is 0 Å². The molecule has 1 aliphatic carbocycles. The van der Waals surface area contributed by atoms with E-state index in [1.807, 2.05) is 46.7 Å². The van der Waals surface area contributed by atoms with Crippen LogP contribution >= 0.6 is 0 Å². The number of aryl methyl sites for hydroxylation is 1. The van der Waals surface area contributed by atoms with E-state index in [-0.39, 0.29) is 64.2 Å². The summed E-state index contributed by atoms with van der Waals surface area (Å²) >= 11 is 0. The molecule has 0 spiro atoms. The molecule has 1 unspecified atom stereocenters. The smallest absolute Gasteiger partial charge is 0.246 e. The van der Waals surface area contributed by atoms with Gasteiger partial charge in [0.2, 0.25) is 37.8 Å². The average Bonchev–Trinajstić information content (AvgIpc) is 1.28. The highest BCUT2D eigenvalue weighted by atomic mass is 32.2. The molecule has 4 N–H and O–H groups in total. The predicted molar refractivity (Wildman–Crippen MR) is 367 cm³/mol. The zero-order valence-electron chi connectivity index (χ0n) is 55.7. The van der Waals surface area contributed by atoms with Gasteiger partial charge in [-0.25, -0.2) is 38.7 Å². The Morgan fingerprint density at radius 1 is 0.541 bits per heavy atom. The Balaban J connectivity index is 0.000000125. The molecular formula is C72H87F4N11O9S2. The van der Waals surface area contributed by atoms with Crippen LogP contribution in [-0.4, -0.2) is 186 Å². The lowest BCUT2D eigenvalue weighted by Gasteiger charge is -2.33. The number of nitrogens with one attached hydrogen (secondary N) is 4. The number of sulfonamides is 2. The first kappa shape index (κ1) is 70.0. The van der Waals surface area contributed by atoms with E-state index in [0.29, 0.717) is 95.0 Å². The molecule has 3 amide bonds. The van der Waals surface area contributed by atoms with Gasteiger partial charge in [-0.1, -0.05) is 0 Å². The van der Waals surface area contributed by atoms with Crippen LogP contribution in [0.5, 0.6) is 0 Å². The van der Waals surface area contributed by atoms with E-state index in [1.165, 1.54) is 94.9 Å². The number of ether oxygens (including phenoxy) is 2. The van der Waals surface area contributed by atoms with E-state index < -0.39 is 20.0 Å². The second-order valence-electron chi connectivity index (χ2n) is 26.9. The second-order valence-corrected chi connectivity index (χ2v) is 30.9. The number of carbonyl (C=O) groups excluding carboxylic acids is 3. The lowest BCUT2D eigenvalue weighted by molar-refractivity contribution is -0.136. The van der Waals surface area contributed by atoms with E-state index in [2.05, 4.69) is 25.0 Å². The molecule has 5 aromatic heterocycles. The quantitative estimate of drug-likeness (QED) is 0.0668. The summed E-state index contributed by atoms with van der Waals surface area (Å²) < 4.78 is 117. The minimum atomic E-state index is -3.49. The third-order valence-electron chi connectivity index (χ3n) is 20.6. The van der Waals surface area contributed by atoms with Crippen molar-refractivity contribution in [1.82, 2.24) is 53.0 Å². The van der Waals surface area contributed by atoms with Crippen molar-refractivity contribution < 1.29 is 58.3 Å². The van der Waals surface area contributed by atoms with Crippen molar-refractivity contribution in [2.45, 2.75) is 106 Å². The lowest BCUT2D eigenvalue weighted by atomic mass is 9.88. The summed E-state index contributed by atoms with van der Waals surface area (Å²) in [5.41, 5.74) is 7.99. The van der Waals surface area contributed by atoms with Gasteiger partial charge in [-0.2, -0.15) is 9.40 Å². The molecule has 0 radical (unpaired) electrons. The number of aromatic amines is 4. The summed E-state index contributed by atoms with van der Waals surface area (Å²) in [6.45, 7) is 6.81. The number of hydrogen-bond donors (Lipinski definition) is 4. The maximum Gasteiger partial charge on any atom is 0.246 e. The molecule has 4 aromatic carbocycles. The highest BCUT2D eigenvalue weighted by Gasteiger charge is 2.39. The van der Waals surface area contributed by atoms with Crippen LogP contribution in [0.2, 0.25) is 0 Å². The number of nitrogens with zero attached hydrogens (tertiary/aromatic N) is 7. The third kappa shape index (κ3) is 16.2. The van der Waals surface area contributed by atoms with Gasteiger partial charge < -0.3 is 44.1 Å². The fourth-order valence-corrected chi connectivity index (χ4v) is 17.7. The summed E-state index contributed by atoms with van der Waals surface area (Å²) in [5, 5.41) is 8.15. The molecule has 26 heteroatoms. The standard InChI is InChI=1S/C21H26FN3O3.C18H21FN2O.C17H19FN4O2S.C16H21FN2O3S/c1-28-9-8-25-13-15(10-20(25)26)21(27)24-6-4-14(5-7-24)18-12-23-19-11-16(22)2-3-17(18)19;19-14-3-4-15-16(11-20-17(15)10-14)13-5-7-21(8-6-13)18(22)9-12-1-2-12;1-21-11-14(9-20-21)25(23,24)22-6-4-12(5-7-22)16-10-19-17-8-13(18)2-3-15(16)17;1-22-8-9-23(20,21)19-6-4-12(5-7-19)15-11-18-16-10-13(17)2-3-14(15)16/h2-3,11-12,14-15,23H,4-10,13H2,1H3;3-4,10-13,20H,1-2,5-9H2;2-3,8-12,19H,4-7H2,1H3;2-3,10-12,18H,4-9H2,1H3. The number of rotatable bonds is 16. The zero-order chi connectivity index (χ0) is 68.8. The number of carbonyl (C=O) groups is 3. The highest BCUT2D eigenvalue weighted by molar-refractivity contribution is 7.89. The van der Waals surface area contributed by atoms with Crippen LogP contribution in [0.25, 0.3) is 43.6 Å². The summed E-state index contributed by atoms with van der Waals surface area (Å²) in [4.78, 5) is 55.6. The van der Waals surface area contributed by atoms with Gasteiger partial charge in [0.1, 0.15) is 28.2 Å². The number of fused-ring (bicyclic) bond motifs is 4. The van der Waals surface area contributed by atoms with Gasteiger partial charge in [-0.15, -0.1) is 0 Å². The van der Waals surface area contributed by atoms with Gasteiger partial charge in [0.05, 0.1) is 31.1 Å². The Morgan fingerprint density at radius 3 is 1.33 bits per heavy atom. The Bertz CT molecular complexity index is 4500. The first-order valence-electron chi connectivity index (χ1n) is 34.1. The molecule has 1 saturated carbocycles. The second kappa shape index (κ2) is 30.7. The monoisotopic (exact) mass is 1390 g/mol. The number of aromatic nitrogens is 6. The Labute approximate surface area is 568 Å². The molecule has 15 rings (SSSR count). The maximum absolute atomic E-state index is 13.4. The van der Waals surface area contributed by atoms with Gasteiger partial charge in [-0.3, -0.25) is 19.1 Å². The van der Waals surface area contributed by atoms with Crippen molar-refractivity contribution in [3.8, 4) is 0 Å². The SMILES string of the molecule is COCCN1CC(C(=O)N2CCC(c3c[nH]c4cc(F)ccc34)CC2)CC1=O.COCCS(=O)(=O)N1CCC(c2c[nH]c3cc(F)ccc23)CC1.Cn1cc(S(=O)(=O)N2CCC(c3c[nH]c4cc(F)ccc34)CC2)cn1.O=C(CC1CC1)N1CCC(c2c[nH]c3cc(F)ccc23)CC1. The van der Waals surface area contributed by atoms with Crippen molar-refractivity contribution in [3.63, 3.8) is 0 Å². The van der Waals surface area contributed by atoms with Gasteiger partial charge in [0, 0.05) is 174 Å². The van der Waals surface area contributed by atoms with Gasteiger partial charge in [-0.05, 0) is 189 Å². The fourth-order valence-electron chi connectivity index (χ4n) is 14.8. The van der Waals surface area contributed by atoms with Crippen LogP contribution in [0.15, 0.2) is 115 Å². The van der Waals surface area contributed by atoms with Crippen molar-refractivity contribution in [3.05, 3.63) is 156 Å². The summed E-state index contributed by atoms with van der Waals surface area (Å²) in [7, 11) is -1.91.